The second kappa shape index (κ2) is 5.51. The average molecular weight is 262 g/mol. The van der Waals surface area contributed by atoms with Gasteiger partial charge in [-0.2, -0.15) is 0 Å². The quantitative estimate of drug-likeness (QED) is 0.566. The van der Waals surface area contributed by atoms with Gasteiger partial charge in [-0.3, -0.25) is 4.79 Å². The Morgan fingerprint density at radius 1 is 1.26 bits per heavy atom. The number of rotatable bonds is 2. The molecule has 1 saturated carbocycles. The van der Waals surface area contributed by atoms with E-state index >= 15 is 0 Å². The zero-order valence-electron chi connectivity index (χ0n) is 11.5. The normalized spacial score (nSPS) is 26.9. The van der Waals surface area contributed by atoms with Crippen LogP contribution in [-0.2, 0) is 0 Å². The van der Waals surface area contributed by atoms with E-state index in [1.807, 2.05) is 0 Å². The minimum Gasteiger partial charge on any atom is -0.508 e. The maximum Gasteiger partial charge on any atom is 0.253 e. The van der Waals surface area contributed by atoms with Crippen LogP contribution >= 0.6 is 0 Å². The van der Waals surface area contributed by atoms with Crippen molar-refractivity contribution in [3.63, 3.8) is 0 Å². The highest BCUT2D eigenvalue weighted by molar-refractivity contribution is 5.99. The number of aromatic hydroxyl groups is 1. The minimum atomic E-state index is -0.195. The molecule has 0 spiro atoms. The molecular formula is C15H22N2O2. The van der Waals surface area contributed by atoms with E-state index < -0.39 is 0 Å². The summed E-state index contributed by atoms with van der Waals surface area (Å²) in [5.41, 5.74) is 6.53. The van der Waals surface area contributed by atoms with Gasteiger partial charge >= 0.3 is 0 Å². The zero-order chi connectivity index (χ0) is 14.0. The molecule has 4 N–H and O–H groups in total. The number of nitrogens with two attached hydrogens (primary N) is 1. The number of nitrogens with one attached hydrogen (secondary N) is 1. The molecule has 0 heterocycles. The molecule has 4 nitrogen and oxygen atoms in total. The number of carbonyl (C=O) groups excluding carboxylic acids is 1. The summed E-state index contributed by atoms with van der Waals surface area (Å²) in [5, 5.41) is 12.5. The number of carbonyl (C=O) groups is 1. The summed E-state index contributed by atoms with van der Waals surface area (Å²) < 4.78 is 0. The fourth-order valence-corrected chi connectivity index (χ4v) is 3.07. The Balaban J connectivity index is 2.06. The number of phenolic OH excluding ortho intramolecular Hbond substituents is 1. The smallest absolute Gasteiger partial charge is 0.253 e. The van der Waals surface area contributed by atoms with Crippen molar-refractivity contribution < 1.29 is 9.90 Å². The lowest BCUT2D eigenvalue weighted by Gasteiger charge is -2.32. The summed E-state index contributed by atoms with van der Waals surface area (Å²) in [4.78, 5) is 12.2. The van der Waals surface area contributed by atoms with Crippen LogP contribution in [0.1, 0.15) is 43.5 Å². The van der Waals surface area contributed by atoms with Crippen LogP contribution in [0.3, 0.4) is 0 Å². The predicted octanol–water partition coefficient (Wildman–Crippen LogP) is 2.53. The lowest BCUT2D eigenvalue weighted by atomic mass is 9.80. The van der Waals surface area contributed by atoms with E-state index in [1.54, 1.807) is 6.07 Å². The number of nitrogen functional groups attached to an aromatic ring is 1. The Morgan fingerprint density at radius 3 is 2.53 bits per heavy atom. The van der Waals surface area contributed by atoms with Crippen molar-refractivity contribution in [1.82, 2.24) is 5.32 Å². The summed E-state index contributed by atoms with van der Waals surface area (Å²) in [5.74, 6) is 1.13. The Kier molecular flexibility index (Phi) is 3.98. The van der Waals surface area contributed by atoms with E-state index in [0.717, 1.165) is 12.8 Å². The first-order chi connectivity index (χ1) is 8.95. The number of phenols is 1. The van der Waals surface area contributed by atoms with Gasteiger partial charge < -0.3 is 16.2 Å². The van der Waals surface area contributed by atoms with Gasteiger partial charge in [-0.05, 0) is 49.3 Å². The fourth-order valence-electron chi connectivity index (χ4n) is 3.07. The SMILES string of the molecule is CC1CC(C)CC(NC(=O)c2cc(O)ccc2N)C1. The average Bonchev–Trinajstić information content (AvgIpc) is 2.30. The van der Waals surface area contributed by atoms with E-state index in [1.165, 1.54) is 18.6 Å². The standard InChI is InChI=1S/C15H22N2O2/c1-9-5-10(2)7-11(6-9)17-15(19)13-8-12(18)3-4-14(13)16/h3-4,8-11,18H,5-7,16H2,1-2H3,(H,17,19). The van der Waals surface area contributed by atoms with Gasteiger partial charge in [-0.1, -0.05) is 13.8 Å². The molecule has 1 aromatic carbocycles. The molecule has 2 atom stereocenters. The largest absolute Gasteiger partial charge is 0.508 e. The third kappa shape index (κ3) is 3.40. The second-order valence-electron chi connectivity index (χ2n) is 5.86. The third-order valence-electron chi connectivity index (χ3n) is 3.80. The summed E-state index contributed by atoms with van der Waals surface area (Å²) in [7, 11) is 0. The summed E-state index contributed by atoms with van der Waals surface area (Å²) in [6.45, 7) is 4.44. The van der Waals surface area contributed by atoms with Gasteiger partial charge in [0.25, 0.3) is 5.91 Å². The molecule has 2 unspecified atom stereocenters. The molecule has 0 aromatic heterocycles. The highest BCUT2D eigenvalue weighted by atomic mass is 16.3. The van der Waals surface area contributed by atoms with E-state index in [0.29, 0.717) is 23.1 Å². The van der Waals surface area contributed by atoms with E-state index in [2.05, 4.69) is 19.2 Å². The van der Waals surface area contributed by atoms with Gasteiger partial charge in [0, 0.05) is 11.7 Å². The molecule has 0 radical (unpaired) electrons. The lowest BCUT2D eigenvalue weighted by molar-refractivity contribution is 0.0911. The van der Waals surface area contributed by atoms with Crippen LogP contribution in [-0.4, -0.2) is 17.1 Å². The van der Waals surface area contributed by atoms with Crippen molar-refractivity contribution in [3.05, 3.63) is 23.8 Å². The van der Waals surface area contributed by atoms with E-state index in [9.17, 15) is 9.90 Å². The molecule has 1 aliphatic carbocycles. The van der Waals surface area contributed by atoms with Crippen LogP contribution in [0.25, 0.3) is 0 Å². The van der Waals surface area contributed by atoms with Crippen LogP contribution in [0.2, 0.25) is 0 Å². The molecule has 1 fully saturated rings. The van der Waals surface area contributed by atoms with Gasteiger partial charge in [-0.15, -0.1) is 0 Å². The molecule has 0 saturated heterocycles. The summed E-state index contributed by atoms with van der Waals surface area (Å²) in [6, 6.07) is 4.65. The predicted molar refractivity (Wildman–Crippen MR) is 76.0 cm³/mol. The topological polar surface area (TPSA) is 75.3 Å². The second-order valence-corrected chi connectivity index (χ2v) is 5.86. The van der Waals surface area contributed by atoms with Gasteiger partial charge in [0.2, 0.25) is 0 Å². The van der Waals surface area contributed by atoms with Gasteiger partial charge in [0.05, 0.1) is 5.56 Å². The van der Waals surface area contributed by atoms with Crippen LogP contribution in [0.4, 0.5) is 5.69 Å². The van der Waals surface area contributed by atoms with Crippen LogP contribution < -0.4 is 11.1 Å². The number of hydrogen-bond donors (Lipinski definition) is 3. The van der Waals surface area contributed by atoms with Crippen LogP contribution in [0.5, 0.6) is 5.75 Å². The Morgan fingerprint density at radius 2 is 1.89 bits per heavy atom. The molecule has 104 valence electrons. The van der Waals surface area contributed by atoms with Crippen molar-refractivity contribution in [3.8, 4) is 5.75 Å². The first-order valence-corrected chi connectivity index (χ1v) is 6.85. The molecule has 1 aliphatic rings. The highest BCUT2D eigenvalue weighted by Gasteiger charge is 2.25. The molecule has 1 aromatic rings. The molecule has 4 heteroatoms. The Bertz CT molecular complexity index is 463. The Labute approximate surface area is 114 Å². The van der Waals surface area contributed by atoms with Gasteiger partial charge in [-0.25, -0.2) is 0 Å². The fraction of sp³-hybridized carbons (Fsp3) is 0.533. The molecule has 19 heavy (non-hydrogen) atoms. The Hall–Kier alpha value is -1.71. The first-order valence-electron chi connectivity index (χ1n) is 6.85. The number of benzene rings is 1. The monoisotopic (exact) mass is 262 g/mol. The summed E-state index contributed by atoms with van der Waals surface area (Å²) >= 11 is 0. The lowest BCUT2D eigenvalue weighted by Crippen LogP contribution is -2.40. The third-order valence-corrected chi connectivity index (χ3v) is 3.80. The van der Waals surface area contributed by atoms with Crippen LogP contribution in [0, 0.1) is 11.8 Å². The molecule has 0 aliphatic heterocycles. The van der Waals surface area contributed by atoms with Gasteiger partial charge in [0.15, 0.2) is 0 Å². The van der Waals surface area contributed by atoms with Crippen LogP contribution in [0.15, 0.2) is 18.2 Å². The highest BCUT2D eigenvalue weighted by Crippen LogP contribution is 2.29. The minimum absolute atomic E-state index is 0.0599. The summed E-state index contributed by atoms with van der Waals surface area (Å²) in [6.07, 6.45) is 3.24. The maximum atomic E-state index is 12.2. The van der Waals surface area contributed by atoms with E-state index in [4.69, 9.17) is 5.73 Å². The number of hydrogen-bond acceptors (Lipinski definition) is 3. The molecule has 2 rings (SSSR count). The first kappa shape index (κ1) is 13.7. The molecular weight excluding hydrogens is 240 g/mol. The zero-order valence-corrected chi connectivity index (χ0v) is 11.5. The maximum absolute atomic E-state index is 12.2. The van der Waals surface area contributed by atoms with Crippen molar-refractivity contribution in [2.24, 2.45) is 11.8 Å². The molecule has 1 amide bonds. The number of amides is 1. The van der Waals surface area contributed by atoms with E-state index in [-0.39, 0.29) is 17.7 Å². The molecule has 0 bridgehead atoms. The van der Waals surface area contributed by atoms with Gasteiger partial charge in [0.1, 0.15) is 5.75 Å². The van der Waals surface area contributed by atoms with Crippen molar-refractivity contribution in [2.75, 3.05) is 5.73 Å². The van der Waals surface area contributed by atoms with Crippen molar-refractivity contribution >= 4 is 11.6 Å². The number of anilines is 1. The van der Waals surface area contributed by atoms with Crippen molar-refractivity contribution in [2.45, 2.75) is 39.2 Å². The van der Waals surface area contributed by atoms with Crippen molar-refractivity contribution in [1.29, 1.82) is 0 Å².